The monoisotopic (exact) mass is 316 g/mol. The zero-order valence-corrected chi connectivity index (χ0v) is 13.7. The lowest BCUT2D eigenvalue weighted by molar-refractivity contribution is -0.143. The van der Waals surface area contributed by atoms with Gasteiger partial charge in [-0.25, -0.2) is 4.79 Å². The number of esters is 1. The Balaban J connectivity index is 2.37. The molecule has 1 atom stereocenters. The zero-order valence-electron chi connectivity index (χ0n) is 13.7. The number of aryl methyl sites for hydroxylation is 2. The van der Waals surface area contributed by atoms with E-state index in [1.54, 1.807) is 20.8 Å². The van der Waals surface area contributed by atoms with Crippen LogP contribution in [-0.2, 0) is 20.7 Å². The van der Waals surface area contributed by atoms with E-state index in [0.29, 0.717) is 17.1 Å². The van der Waals surface area contributed by atoms with Gasteiger partial charge in [0.2, 0.25) is 5.91 Å². The van der Waals surface area contributed by atoms with Crippen LogP contribution in [0.15, 0.2) is 34.9 Å². The van der Waals surface area contributed by atoms with Gasteiger partial charge in [0, 0.05) is 0 Å². The van der Waals surface area contributed by atoms with Gasteiger partial charge in [-0.1, -0.05) is 35.5 Å². The van der Waals surface area contributed by atoms with E-state index < -0.39 is 12.0 Å². The van der Waals surface area contributed by atoms with E-state index in [0.717, 1.165) is 5.56 Å². The third-order valence-corrected chi connectivity index (χ3v) is 3.63. The van der Waals surface area contributed by atoms with Crippen LogP contribution in [0.1, 0.15) is 23.9 Å². The molecule has 0 N–H and O–H groups in total. The summed E-state index contributed by atoms with van der Waals surface area (Å²) in [6, 6.07) is 8.59. The summed E-state index contributed by atoms with van der Waals surface area (Å²) in [5.41, 5.74) is 1.94. The maximum Gasteiger partial charge on any atom is 0.328 e. The number of amides is 1. The molecule has 2 rings (SSSR count). The molecule has 122 valence electrons. The van der Waals surface area contributed by atoms with Crippen LogP contribution in [0.5, 0.6) is 0 Å². The minimum atomic E-state index is -0.770. The van der Waals surface area contributed by atoms with E-state index in [1.807, 2.05) is 30.3 Å². The van der Waals surface area contributed by atoms with E-state index in [9.17, 15) is 9.59 Å². The second-order valence-corrected chi connectivity index (χ2v) is 5.30. The summed E-state index contributed by atoms with van der Waals surface area (Å²) in [5.74, 6) is -0.227. The van der Waals surface area contributed by atoms with Gasteiger partial charge in [0.1, 0.15) is 17.4 Å². The first-order valence-electron chi connectivity index (χ1n) is 7.32. The summed E-state index contributed by atoms with van der Waals surface area (Å²) in [5, 5.41) is 3.87. The van der Waals surface area contributed by atoms with Gasteiger partial charge in [-0.15, -0.1) is 0 Å². The smallest absolute Gasteiger partial charge is 0.328 e. The summed E-state index contributed by atoms with van der Waals surface area (Å²) >= 11 is 0. The molecule has 1 aromatic carbocycles. The Morgan fingerprint density at radius 2 is 1.91 bits per heavy atom. The van der Waals surface area contributed by atoms with Crippen LogP contribution in [0.2, 0.25) is 0 Å². The summed E-state index contributed by atoms with van der Waals surface area (Å²) < 4.78 is 9.93. The molecule has 0 fully saturated rings. The van der Waals surface area contributed by atoms with Gasteiger partial charge in [0.15, 0.2) is 5.76 Å². The second-order valence-electron chi connectivity index (χ2n) is 5.30. The van der Waals surface area contributed by atoms with Crippen LogP contribution >= 0.6 is 0 Å². The molecule has 6 nitrogen and oxygen atoms in total. The van der Waals surface area contributed by atoms with Crippen molar-refractivity contribution in [3.8, 4) is 0 Å². The first-order valence-corrected chi connectivity index (χ1v) is 7.32. The highest BCUT2D eigenvalue weighted by Gasteiger charge is 2.32. The van der Waals surface area contributed by atoms with Crippen LogP contribution < -0.4 is 4.90 Å². The van der Waals surface area contributed by atoms with Crippen molar-refractivity contribution in [1.82, 2.24) is 5.16 Å². The maximum absolute atomic E-state index is 12.8. The van der Waals surface area contributed by atoms with Crippen molar-refractivity contribution >= 4 is 17.6 Å². The Bertz CT molecular complexity index is 674. The molecular formula is C17H20N2O4. The number of carbonyl (C=O) groups excluding carboxylic acids is 2. The average molecular weight is 316 g/mol. The Labute approximate surface area is 135 Å². The molecule has 0 radical (unpaired) electrons. The summed E-state index contributed by atoms with van der Waals surface area (Å²) in [6.45, 7) is 5.07. The van der Waals surface area contributed by atoms with Gasteiger partial charge in [-0.3, -0.25) is 9.69 Å². The number of hydrogen-bond donors (Lipinski definition) is 0. The van der Waals surface area contributed by atoms with Crippen molar-refractivity contribution < 1.29 is 18.8 Å². The van der Waals surface area contributed by atoms with Crippen LogP contribution in [-0.4, -0.2) is 30.2 Å². The lowest BCUT2D eigenvalue weighted by Gasteiger charge is -2.27. The van der Waals surface area contributed by atoms with E-state index in [-0.39, 0.29) is 12.3 Å². The van der Waals surface area contributed by atoms with Gasteiger partial charge >= 0.3 is 5.97 Å². The van der Waals surface area contributed by atoms with Crippen molar-refractivity contribution in [2.24, 2.45) is 0 Å². The Hall–Kier alpha value is -2.63. The van der Waals surface area contributed by atoms with E-state index in [4.69, 9.17) is 9.26 Å². The van der Waals surface area contributed by atoms with Crippen molar-refractivity contribution in [3.63, 3.8) is 0 Å². The SMILES string of the molecule is COC(=O)[C@@H](C)N(C(=O)Cc1ccccc1)c1c(C)noc1C. The molecule has 0 saturated carbocycles. The molecule has 0 unspecified atom stereocenters. The van der Waals surface area contributed by atoms with Crippen LogP contribution in [0.3, 0.4) is 0 Å². The topological polar surface area (TPSA) is 72.6 Å². The average Bonchev–Trinajstić information content (AvgIpc) is 2.87. The maximum atomic E-state index is 12.8. The van der Waals surface area contributed by atoms with E-state index in [2.05, 4.69) is 5.16 Å². The summed E-state index contributed by atoms with van der Waals surface area (Å²) in [7, 11) is 1.30. The predicted octanol–water partition coefficient (Wildman–Crippen LogP) is 2.43. The lowest BCUT2D eigenvalue weighted by Crippen LogP contribution is -2.45. The highest BCUT2D eigenvalue weighted by Crippen LogP contribution is 2.27. The van der Waals surface area contributed by atoms with Crippen LogP contribution in [0.4, 0.5) is 5.69 Å². The fourth-order valence-electron chi connectivity index (χ4n) is 2.49. The highest BCUT2D eigenvalue weighted by molar-refractivity contribution is 6.01. The van der Waals surface area contributed by atoms with Gasteiger partial charge in [-0.05, 0) is 26.3 Å². The van der Waals surface area contributed by atoms with Crippen LogP contribution in [0.25, 0.3) is 0 Å². The number of carbonyl (C=O) groups is 2. The first-order chi connectivity index (χ1) is 11.0. The second kappa shape index (κ2) is 7.09. The molecule has 23 heavy (non-hydrogen) atoms. The minimum Gasteiger partial charge on any atom is -0.467 e. The number of hydrogen-bond acceptors (Lipinski definition) is 5. The molecular weight excluding hydrogens is 296 g/mol. The lowest BCUT2D eigenvalue weighted by atomic mass is 10.1. The molecule has 2 aromatic rings. The summed E-state index contributed by atoms with van der Waals surface area (Å²) in [6.07, 6.45) is 0.173. The number of anilines is 1. The number of methoxy groups -OCH3 is 1. The molecule has 0 bridgehead atoms. The van der Waals surface area contributed by atoms with Crippen molar-refractivity contribution in [1.29, 1.82) is 0 Å². The fourth-order valence-corrected chi connectivity index (χ4v) is 2.49. The molecule has 0 saturated heterocycles. The van der Waals surface area contributed by atoms with Gasteiger partial charge in [0.25, 0.3) is 0 Å². The van der Waals surface area contributed by atoms with Gasteiger partial charge in [0.05, 0.1) is 13.5 Å². The third kappa shape index (κ3) is 3.59. The Morgan fingerprint density at radius 3 is 2.43 bits per heavy atom. The van der Waals surface area contributed by atoms with Gasteiger partial charge in [-0.2, -0.15) is 0 Å². The van der Waals surface area contributed by atoms with Crippen molar-refractivity contribution in [2.45, 2.75) is 33.2 Å². The summed E-state index contributed by atoms with van der Waals surface area (Å²) in [4.78, 5) is 26.2. The molecule has 1 aromatic heterocycles. The van der Waals surface area contributed by atoms with Crippen molar-refractivity contribution in [3.05, 3.63) is 47.3 Å². The molecule has 0 aliphatic heterocycles. The predicted molar refractivity (Wildman–Crippen MR) is 85.1 cm³/mol. The third-order valence-electron chi connectivity index (χ3n) is 3.63. The normalized spacial score (nSPS) is 11.8. The van der Waals surface area contributed by atoms with Crippen molar-refractivity contribution in [2.75, 3.05) is 12.0 Å². The van der Waals surface area contributed by atoms with E-state index in [1.165, 1.54) is 12.0 Å². The standard InChI is InChI=1S/C17H20N2O4/c1-11-16(13(3)23-18-11)19(12(2)17(21)22-4)15(20)10-14-8-6-5-7-9-14/h5-9,12H,10H2,1-4H3/t12-/m1/s1. The number of aromatic nitrogens is 1. The van der Waals surface area contributed by atoms with Crippen LogP contribution in [0, 0.1) is 13.8 Å². The Kier molecular flexibility index (Phi) is 5.16. The minimum absolute atomic E-state index is 0.173. The zero-order chi connectivity index (χ0) is 17.0. The number of nitrogens with zero attached hydrogens (tertiary/aromatic N) is 2. The number of rotatable bonds is 5. The molecule has 1 heterocycles. The first kappa shape index (κ1) is 16.7. The highest BCUT2D eigenvalue weighted by atomic mass is 16.5. The van der Waals surface area contributed by atoms with E-state index >= 15 is 0 Å². The quantitative estimate of drug-likeness (QED) is 0.792. The molecule has 1 amide bonds. The number of benzene rings is 1. The fraction of sp³-hybridized carbons (Fsp3) is 0.353. The Morgan fingerprint density at radius 1 is 1.26 bits per heavy atom. The molecule has 0 aliphatic rings. The van der Waals surface area contributed by atoms with Gasteiger partial charge < -0.3 is 9.26 Å². The largest absolute Gasteiger partial charge is 0.467 e. The molecule has 0 spiro atoms. The number of ether oxygens (including phenoxy) is 1. The molecule has 0 aliphatic carbocycles. The molecule has 6 heteroatoms.